The number of halogens is 5. The summed E-state index contributed by atoms with van der Waals surface area (Å²) in [5.74, 6) is -2.78. The van der Waals surface area contributed by atoms with E-state index in [4.69, 9.17) is 4.74 Å². The van der Waals surface area contributed by atoms with Gasteiger partial charge < -0.3 is 9.47 Å². The fraction of sp³-hybridized carbons (Fsp3) is 0.368. The molecule has 26 heavy (non-hydrogen) atoms. The molecule has 0 radical (unpaired) electrons. The fourth-order valence-electron chi connectivity index (χ4n) is 2.47. The van der Waals surface area contributed by atoms with Gasteiger partial charge in [0.05, 0.1) is 17.7 Å². The van der Waals surface area contributed by atoms with E-state index in [0.29, 0.717) is 0 Å². The first-order chi connectivity index (χ1) is 12.3. The van der Waals surface area contributed by atoms with Crippen molar-refractivity contribution in [3.63, 3.8) is 0 Å². The molecule has 0 aromatic heterocycles. The highest BCUT2D eigenvalue weighted by Crippen LogP contribution is 2.40. The number of alkyl halides is 4. The molecule has 0 fully saturated rings. The normalized spacial score (nSPS) is 11.7. The molecule has 0 unspecified atom stereocenters. The smallest absolute Gasteiger partial charge is 0.426 e. The van der Waals surface area contributed by atoms with Crippen LogP contribution in [0.3, 0.4) is 0 Å². The molecule has 0 saturated heterocycles. The molecule has 0 N–H and O–H groups in total. The van der Waals surface area contributed by atoms with Crippen molar-refractivity contribution in [3.05, 3.63) is 58.9 Å². The molecule has 2 aromatic rings. The molecule has 0 amide bonds. The molecule has 2 rings (SSSR count). The average Bonchev–Trinajstić information content (AvgIpc) is 2.58. The maximum absolute atomic E-state index is 14.4. The lowest BCUT2D eigenvalue weighted by molar-refractivity contribution is -0.186. The minimum absolute atomic E-state index is 0.0417. The Morgan fingerprint density at radius 3 is 2.12 bits per heavy atom. The second-order valence-electron chi connectivity index (χ2n) is 5.59. The van der Waals surface area contributed by atoms with Crippen molar-refractivity contribution in [2.24, 2.45) is 0 Å². The summed E-state index contributed by atoms with van der Waals surface area (Å²) >= 11 is 0. The van der Waals surface area contributed by atoms with E-state index >= 15 is 0 Å². The summed E-state index contributed by atoms with van der Waals surface area (Å²) in [6.45, 7) is 3.54. The minimum Gasteiger partial charge on any atom is -0.491 e. The van der Waals surface area contributed by atoms with Gasteiger partial charge in [-0.05, 0) is 43.2 Å². The zero-order valence-electron chi connectivity index (χ0n) is 14.4. The molecule has 0 aliphatic carbocycles. The Morgan fingerprint density at radius 2 is 1.58 bits per heavy atom. The van der Waals surface area contributed by atoms with E-state index < -0.39 is 41.0 Å². The number of benzene rings is 2. The Kier molecular flexibility index (Phi) is 6.45. The van der Waals surface area contributed by atoms with Gasteiger partial charge in [0.1, 0.15) is 5.75 Å². The molecule has 0 heterocycles. The van der Waals surface area contributed by atoms with E-state index in [1.54, 1.807) is 6.92 Å². The highest BCUT2D eigenvalue weighted by Gasteiger charge is 2.37. The molecule has 0 aliphatic rings. The Morgan fingerprint density at radius 1 is 0.962 bits per heavy atom. The summed E-state index contributed by atoms with van der Waals surface area (Å²) < 4.78 is 78.7. The van der Waals surface area contributed by atoms with Crippen LogP contribution in [0, 0.1) is 5.82 Å². The highest BCUT2D eigenvalue weighted by atomic mass is 19.3. The summed E-state index contributed by atoms with van der Waals surface area (Å²) in [6, 6.07) is 7.21. The molecule has 0 spiro atoms. The fourth-order valence-corrected chi connectivity index (χ4v) is 2.47. The predicted molar refractivity (Wildman–Crippen MR) is 87.5 cm³/mol. The van der Waals surface area contributed by atoms with Crippen LogP contribution in [-0.4, -0.2) is 6.61 Å². The minimum atomic E-state index is -3.89. The molecule has 0 saturated carbocycles. The van der Waals surface area contributed by atoms with Gasteiger partial charge in [0.25, 0.3) is 6.43 Å². The van der Waals surface area contributed by atoms with Crippen molar-refractivity contribution in [1.82, 2.24) is 0 Å². The molecule has 0 atom stereocenters. The first-order valence-electron chi connectivity index (χ1n) is 8.19. The third-order valence-corrected chi connectivity index (χ3v) is 3.69. The van der Waals surface area contributed by atoms with Gasteiger partial charge in [-0.25, -0.2) is 13.2 Å². The molecule has 2 aromatic carbocycles. The molecule has 2 nitrogen and oxygen atoms in total. The van der Waals surface area contributed by atoms with Crippen molar-refractivity contribution in [1.29, 1.82) is 0 Å². The summed E-state index contributed by atoms with van der Waals surface area (Å²) in [6.07, 6.45) is -5.65. The van der Waals surface area contributed by atoms with Crippen molar-refractivity contribution >= 4 is 0 Å². The van der Waals surface area contributed by atoms with Crippen LogP contribution in [0.4, 0.5) is 22.0 Å². The van der Waals surface area contributed by atoms with Crippen LogP contribution in [0.2, 0.25) is 0 Å². The number of ether oxygens (including phenoxy) is 2. The second kappa shape index (κ2) is 8.38. The van der Waals surface area contributed by atoms with Crippen LogP contribution in [0.25, 0.3) is 0 Å². The molecular formula is C19H19F5O2. The van der Waals surface area contributed by atoms with Gasteiger partial charge in [-0.15, -0.1) is 0 Å². The maximum atomic E-state index is 14.4. The topological polar surface area (TPSA) is 18.5 Å². The number of hydrogen-bond donors (Lipinski definition) is 0. The zero-order valence-corrected chi connectivity index (χ0v) is 14.4. The average molecular weight is 374 g/mol. The van der Waals surface area contributed by atoms with Crippen LogP contribution >= 0.6 is 0 Å². The van der Waals surface area contributed by atoms with E-state index in [9.17, 15) is 22.0 Å². The summed E-state index contributed by atoms with van der Waals surface area (Å²) in [5, 5.41) is 0. The van der Waals surface area contributed by atoms with E-state index in [1.807, 2.05) is 6.92 Å². The lowest BCUT2D eigenvalue weighted by atomic mass is 10.1. The summed E-state index contributed by atoms with van der Waals surface area (Å²) in [7, 11) is 0. The van der Waals surface area contributed by atoms with Crippen molar-refractivity contribution in [2.75, 3.05) is 6.61 Å². The van der Waals surface area contributed by atoms with Gasteiger partial charge in [-0.3, -0.25) is 0 Å². The molecule has 142 valence electrons. The first-order valence-corrected chi connectivity index (χ1v) is 8.19. The van der Waals surface area contributed by atoms with Gasteiger partial charge in [-0.2, -0.15) is 8.78 Å². The first kappa shape index (κ1) is 20.0. The second-order valence-corrected chi connectivity index (χ2v) is 5.59. The molecule has 7 heteroatoms. The molecule has 0 bridgehead atoms. The third kappa shape index (κ3) is 4.45. The number of hydrogen-bond acceptors (Lipinski definition) is 2. The van der Waals surface area contributed by atoms with Crippen LogP contribution in [-0.2, 0) is 12.5 Å². The zero-order chi connectivity index (χ0) is 19.3. The number of rotatable bonds is 8. The lowest BCUT2D eigenvalue weighted by Crippen LogP contribution is -2.23. The Labute approximate surface area is 148 Å². The monoisotopic (exact) mass is 374 g/mol. The highest BCUT2D eigenvalue weighted by molar-refractivity contribution is 5.43. The van der Waals surface area contributed by atoms with Gasteiger partial charge in [0.15, 0.2) is 11.6 Å². The van der Waals surface area contributed by atoms with Gasteiger partial charge in [-0.1, -0.05) is 25.5 Å². The Balaban J connectivity index is 2.34. The van der Waals surface area contributed by atoms with Crippen molar-refractivity contribution in [3.8, 4) is 11.5 Å². The van der Waals surface area contributed by atoms with Crippen LogP contribution in [0.15, 0.2) is 36.4 Å². The summed E-state index contributed by atoms with van der Waals surface area (Å²) in [4.78, 5) is 0. The van der Waals surface area contributed by atoms with E-state index in [2.05, 4.69) is 4.74 Å². The van der Waals surface area contributed by atoms with Crippen LogP contribution in [0.1, 0.15) is 43.4 Å². The lowest BCUT2D eigenvalue weighted by Gasteiger charge is -2.21. The van der Waals surface area contributed by atoms with Gasteiger partial charge in [0.2, 0.25) is 0 Å². The standard InChI is InChI=1S/C19H19F5O2/c1-3-5-12-6-8-13(9-7-12)19(23,24)26-14-10-11-15(25-4-2)17(20)16(14)18(21)22/h6-11,18H,3-5H2,1-2H3. The van der Waals surface area contributed by atoms with Gasteiger partial charge >= 0.3 is 6.11 Å². The molecule has 0 aliphatic heterocycles. The van der Waals surface area contributed by atoms with Crippen molar-refractivity contribution in [2.45, 2.75) is 39.2 Å². The summed E-state index contributed by atoms with van der Waals surface area (Å²) in [5.41, 5.74) is -0.891. The molecular weight excluding hydrogens is 355 g/mol. The van der Waals surface area contributed by atoms with Crippen LogP contribution in [0.5, 0.6) is 11.5 Å². The Hall–Kier alpha value is -2.31. The van der Waals surface area contributed by atoms with E-state index in [0.717, 1.165) is 42.7 Å². The maximum Gasteiger partial charge on any atom is 0.426 e. The third-order valence-electron chi connectivity index (χ3n) is 3.69. The Bertz CT molecular complexity index is 729. The van der Waals surface area contributed by atoms with Crippen LogP contribution < -0.4 is 9.47 Å². The predicted octanol–water partition coefficient (Wildman–Crippen LogP) is 6.24. The van der Waals surface area contributed by atoms with Gasteiger partial charge in [0, 0.05) is 0 Å². The van der Waals surface area contributed by atoms with Crippen molar-refractivity contribution < 1.29 is 31.4 Å². The number of aryl methyl sites for hydroxylation is 1. The SMILES string of the molecule is CCCc1ccc(C(F)(F)Oc2ccc(OCC)c(F)c2C(F)F)cc1. The van der Waals surface area contributed by atoms with E-state index in [-0.39, 0.29) is 6.61 Å². The largest absolute Gasteiger partial charge is 0.491 e. The van der Waals surface area contributed by atoms with E-state index in [1.165, 1.54) is 12.1 Å². The quantitative estimate of drug-likeness (QED) is 0.509.